The first kappa shape index (κ1) is 22.8. The van der Waals surface area contributed by atoms with Crippen LogP contribution in [-0.4, -0.2) is 22.2 Å². The van der Waals surface area contributed by atoms with Crippen molar-refractivity contribution in [2.45, 2.75) is 71.1 Å². The van der Waals surface area contributed by atoms with E-state index in [0.717, 1.165) is 19.3 Å². The van der Waals surface area contributed by atoms with E-state index in [4.69, 9.17) is 10.2 Å². The smallest absolute Gasteiger partial charge is 0.304 e. The Bertz CT molecular complexity index is 528. The fourth-order valence-corrected chi connectivity index (χ4v) is 2.43. The Balaban J connectivity index is 4.38. The summed E-state index contributed by atoms with van der Waals surface area (Å²) in [4.78, 5) is 21.6. The lowest BCUT2D eigenvalue weighted by Gasteiger charge is -2.07. The Morgan fingerprint density at radius 3 is 2.04 bits per heavy atom. The fourth-order valence-electron chi connectivity index (χ4n) is 2.43. The molecule has 0 rings (SSSR count). The van der Waals surface area contributed by atoms with E-state index < -0.39 is 17.9 Å². The molecule has 25 heavy (non-hydrogen) atoms. The third-order valence-corrected chi connectivity index (χ3v) is 3.85. The largest absolute Gasteiger partial charge is 0.481 e. The Kier molecular flexibility index (Phi) is 14.0. The number of carbonyl (C=O) groups is 2. The molecule has 0 bridgehead atoms. The van der Waals surface area contributed by atoms with Crippen molar-refractivity contribution in [2.24, 2.45) is 11.8 Å². The summed E-state index contributed by atoms with van der Waals surface area (Å²) in [5.41, 5.74) is 0. The van der Waals surface area contributed by atoms with Crippen molar-refractivity contribution >= 4 is 11.9 Å². The summed E-state index contributed by atoms with van der Waals surface area (Å²) in [6.45, 7) is 5.74. The van der Waals surface area contributed by atoms with Gasteiger partial charge in [-0.25, -0.2) is 0 Å². The third kappa shape index (κ3) is 15.1. The van der Waals surface area contributed by atoms with Crippen LogP contribution in [0.1, 0.15) is 71.1 Å². The van der Waals surface area contributed by atoms with Crippen LogP contribution in [-0.2, 0) is 9.59 Å². The fraction of sp³-hybridized carbons (Fsp3) is 0.619. The van der Waals surface area contributed by atoms with Gasteiger partial charge in [0.05, 0.1) is 12.8 Å². The van der Waals surface area contributed by atoms with Crippen molar-refractivity contribution in [2.75, 3.05) is 0 Å². The first-order valence-corrected chi connectivity index (χ1v) is 9.06. The Morgan fingerprint density at radius 1 is 0.920 bits per heavy atom. The van der Waals surface area contributed by atoms with E-state index in [1.807, 2.05) is 0 Å². The molecule has 0 unspecified atom stereocenters. The number of rotatable bonds is 13. The molecular formula is C21H30O4. The SMILES string of the molecule is C=C[C@@H](C#CC#C[C@H](CCCCCCCCC)CC(=O)O)CC(=O)O. The summed E-state index contributed by atoms with van der Waals surface area (Å²) in [5, 5.41) is 17.7. The Morgan fingerprint density at radius 2 is 1.48 bits per heavy atom. The van der Waals surface area contributed by atoms with E-state index in [9.17, 15) is 9.59 Å². The van der Waals surface area contributed by atoms with Gasteiger partial charge in [0.25, 0.3) is 0 Å². The van der Waals surface area contributed by atoms with E-state index in [1.54, 1.807) is 0 Å². The average molecular weight is 346 g/mol. The third-order valence-electron chi connectivity index (χ3n) is 3.85. The van der Waals surface area contributed by atoms with Gasteiger partial charge in [0.2, 0.25) is 0 Å². The predicted octanol–water partition coefficient (Wildman–Crippen LogP) is 4.50. The molecule has 4 heteroatoms. The van der Waals surface area contributed by atoms with Crippen LogP contribution in [0, 0.1) is 35.5 Å². The van der Waals surface area contributed by atoms with Crippen molar-refractivity contribution in [1.29, 1.82) is 0 Å². The molecule has 138 valence electrons. The van der Waals surface area contributed by atoms with Gasteiger partial charge in [-0.1, -0.05) is 69.8 Å². The first-order chi connectivity index (χ1) is 12.0. The van der Waals surface area contributed by atoms with Crippen LogP contribution in [0.25, 0.3) is 0 Å². The number of carboxylic acids is 2. The highest BCUT2D eigenvalue weighted by Crippen LogP contribution is 2.15. The van der Waals surface area contributed by atoms with Crippen LogP contribution in [0.5, 0.6) is 0 Å². The van der Waals surface area contributed by atoms with E-state index in [-0.39, 0.29) is 18.8 Å². The molecule has 0 radical (unpaired) electrons. The Labute approximate surface area is 151 Å². The van der Waals surface area contributed by atoms with Crippen LogP contribution in [0.4, 0.5) is 0 Å². The topological polar surface area (TPSA) is 74.6 Å². The van der Waals surface area contributed by atoms with Gasteiger partial charge in [-0.2, -0.15) is 0 Å². The van der Waals surface area contributed by atoms with E-state index in [2.05, 4.69) is 37.2 Å². The van der Waals surface area contributed by atoms with Gasteiger partial charge < -0.3 is 10.2 Å². The normalized spacial score (nSPS) is 12.0. The molecule has 0 saturated carbocycles. The van der Waals surface area contributed by atoms with Crippen LogP contribution < -0.4 is 0 Å². The molecule has 0 aliphatic carbocycles. The maximum atomic E-state index is 10.9. The average Bonchev–Trinajstić information content (AvgIpc) is 2.55. The van der Waals surface area contributed by atoms with Crippen LogP contribution in [0.2, 0.25) is 0 Å². The summed E-state index contributed by atoms with van der Waals surface area (Å²) in [6, 6.07) is 0. The monoisotopic (exact) mass is 346 g/mol. The molecule has 2 N–H and O–H groups in total. The minimum Gasteiger partial charge on any atom is -0.481 e. The zero-order valence-corrected chi connectivity index (χ0v) is 15.2. The molecule has 0 aromatic heterocycles. The molecule has 0 heterocycles. The molecule has 0 aromatic rings. The maximum Gasteiger partial charge on any atom is 0.304 e. The summed E-state index contributed by atoms with van der Waals surface area (Å²) < 4.78 is 0. The second-order valence-corrected chi connectivity index (χ2v) is 6.18. The first-order valence-electron chi connectivity index (χ1n) is 9.06. The lowest BCUT2D eigenvalue weighted by atomic mass is 9.97. The van der Waals surface area contributed by atoms with Gasteiger partial charge >= 0.3 is 11.9 Å². The Hall–Kier alpha value is -2.20. The molecule has 0 spiro atoms. The summed E-state index contributed by atoms with van der Waals surface area (Å²) >= 11 is 0. The van der Waals surface area contributed by atoms with E-state index in [0.29, 0.717) is 0 Å². The van der Waals surface area contributed by atoms with Crippen molar-refractivity contribution in [1.82, 2.24) is 0 Å². The van der Waals surface area contributed by atoms with Crippen molar-refractivity contribution in [3.8, 4) is 23.7 Å². The molecule has 0 aliphatic rings. The van der Waals surface area contributed by atoms with Gasteiger partial charge in [0.15, 0.2) is 0 Å². The van der Waals surface area contributed by atoms with E-state index >= 15 is 0 Å². The standard InChI is InChI=1S/C21H30O4/c1-3-5-6-7-8-9-10-14-19(17-21(24)25)15-12-11-13-18(4-2)16-20(22)23/h4,18-19H,2-3,5-10,14,16-17H2,1H3,(H,22,23)(H,24,25)/t18-,19-/m0/s1. The minimum atomic E-state index is -0.935. The van der Waals surface area contributed by atoms with Crippen molar-refractivity contribution in [3.05, 3.63) is 12.7 Å². The second kappa shape index (κ2) is 15.3. The highest BCUT2D eigenvalue weighted by molar-refractivity contribution is 5.68. The second-order valence-electron chi connectivity index (χ2n) is 6.18. The number of unbranched alkanes of at least 4 members (excludes halogenated alkanes) is 6. The van der Waals surface area contributed by atoms with Gasteiger partial charge in [-0.05, 0) is 18.3 Å². The van der Waals surface area contributed by atoms with Crippen LogP contribution in [0.3, 0.4) is 0 Å². The molecule has 0 aliphatic heterocycles. The van der Waals surface area contributed by atoms with Gasteiger partial charge in [-0.3, -0.25) is 9.59 Å². The summed E-state index contributed by atoms with van der Waals surface area (Å²) in [6.07, 6.45) is 10.4. The van der Waals surface area contributed by atoms with Gasteiger partial charge in [-0.15, -0.1) is 6.58 Å². The minimum absolute atomic E-state index is 0.0184. The van der Waals surface area contributed by atoms with Gasteiger partial charge in [0.1, 0.15) is 0 Å². The maximum absolute atomic E-state index is 10.9. The summed E-state index contributed by atoms with van der Waals surface area (Å²) in [7, 11) is 0. The number of aliphatic carboxylic acids is 2. The number of allylic oxidation sites excluding steroid dienone is 1. The molecule has 0 fully saturated rings. The zero-order valence-electron chi connectivity index (χ0n) is 15.2. The number of carboxylic acid groups (broad SMARTS) is 2. The van der Waals surface area contributed by atoms with E-state index in [1.165, 1.54) is 38.2 Å². The summed E-state index contributed by atoms with van der Waals surface area (Å²) in [5.74, 6) is 8.53. The van der Waals surface area contributed by atoms with Crippen LogP contribution >= 0.6 is 0 Å². The molecule has 0 amide bonds. The molecule has 2 atom stereocenters. The van der Waals surface area contributed by atoms with Crippen LogP contribution in [0.15, 0.2) is 12.7 Å². The van der Waals surface area contributed by atoms with Gasteiger partial charge in [0, 0.05) is 11.8 Å². The molecule has 0 saturated heterocycles. The highest BCUT2D eigenvalue weighted by Gasteiger charge is 2.10. The molecule has 0 aromatic carbocycles. The lowest BCUT2D eigenvalue weighted by molar-refractivity contribution is -0.138. The highest BCUT2D eigenvalue weighted by atomic mass is 16.4. The number of hydrogen-bond donors (Lipinski definition) is 2. The molecule has 4 nitrogen and oxygen atoms in total. The predicted molar refractivity (Wildman–Crippen MR) is 99.8 cm³/mol. The quantitative estimate of drug-likeness (QED) is 0.292. The number of hydrogen-bond acceptors (Lipinski definition) is 2. The van der Waals surface area contributed by atoms with Crippen molar-refractivity contribution < 1.29 is 19.8 Å². The molecular weight excluding hydrogens is 316 g/mol. The lowest BCUT2D eigenvalue weighted by Crippen LogP contribution is -2.06. The van der Waals surface area contributed by atoms with Crippen molar-refractivity contribution in [3.63, 3.8) is 0 Å². The zero-order chi connectivity index (χ0) is 18.9.